The second kappa shape index (κ2) is 6.95. The van der Waals surface area contributed by atoms with Crippen LogP contribution in [0.5, 0.6) is 0 Å². The van der Waals surface area contributed by atoms with Crippen molar-refractivity contribution in [3.63, 3.8) is 0 Å². The average molecular weight is 138 g/mol. The summed E-state index contributed by atoms with van der Waals surface area (Å²) in [5, 5.41) is 8.29. The summed E-state index contributed by atoms with van der Waals surface area (Å²) >= 11 is 0. The molecule has 0 aromatic carbocycles. The highest BCUT2D eigenvalue weighted by Gasteiger charge is 1.92. The first-order valence-electron chi connectivity index (χ1n) is 2.28. The lowest BCUT2D eigenvalue weighted by atomic mass is 10.2. The molecule has 50 valence electrons. The molecule has 0 rings (SSSR count). The monoisotopic (exact) mass is 137 g/mol. The fourth-order valence-corrected chi connectivity index (χ4v) is 0.289. The number of aliphatic hydroxyl groups is 1. The molecule has 3 N–H and O–H groups in total. The van der Waals surface area contributed by atoms with Crippen LogP contribution >= 0.6 is 12.4 Å². The molecule has 0 fully saturated rings. The average Bonchev–Trinajstić information content (AvgIpc) is 1.68. The normalized spacial score (nSPS) is 11.8. The van der Waals surface area contributed by atoms with E-state index in [-0.39, 0.29) is 25.1 Å². The van der Waals surface area contributed by atoms with Crippen molar-refractivity contribution in [2.75, 3.05) is 6.61 Å². The third-order valence-corrected chi connectivity index (χ3v) is 0.704. The number of hydrogen-bond donors (Lipinski definition) is 2. The summed E-state index contributed by atoms with van der Waals surface area (Å²) < 4.78 is 0. The summed E-state index contributed by atoms with van der Waals surface area (Å²) in [4.78, 5) is 0. The van der Waals surface area contributed by atoms with Crippen molar-refractivity contribution in [1.29, 1.82) is 0 Å². The number of aliphatic hydroxyl groups excluding tert-OH is 1. The van der Waals surface area contributed by atoms with Crippen LogP contribution in [0.1, 0.15) is 6.42 Å². The number of hydrogen-bond acceptors (Lipinski definition) is 2. The molecule has 8 heavy (non-hydrogen) atoms. The van der Waals surface area contributed by atoms with Crippen molar-refractivity contribution >= 4 is 12.4 Å². The number of rotatable bonds is 3. The first-order chi connectivity index (χ1) is 3.31. The molecule has 0 aliphatic carbocycles. The molecule has 0 saturated carbocycles. The lowest BCUT2D eigenvalue weighted by Crippen LogP contribution is -2.22. The Labute approximate surface area is 55.8 Å². The van der Waals surface area contributed by atoms with Crippen LogP contribution in [-0.2, 0) is 0 Å². The minimum absolute atomic E-state index is 0. The van der Waals surface area contributed by atoms with Crippen LogP contribution in [0.25, 0.3) is 0 Å². The summed E-state index contributed by atoms with van der Waals surface area (Å²) in [5.74, 6) is 0. The van der Waals surface area contributed by atoms with E-state index in [0.29, 0.717) is 6.42 Å². The van der Waals surface area contributed by atoms with Crippen LogP contribution in [0.3, 0.4) is 0 Å². The van der Waals surface area contributed by atoms with Crippen molar-refractivity contribution in [2.24, 2.45) is 5.73 Å². The highest BCUT2D eigenvalue weighted by atomic mass is 35.5. The van der Waals surface area contributed by atoms with E-state index in [1.165, 1.54) is 0 Å². The SMILES string of the molecule is C=CC[C@H](N)CO.Cl. The van der Waals surface area contributed by atoms with Gasteiger partial charge < -0.3 is 10.8 Å². The Morgan fingerprint density at radius 2 is 2.25 bits per heavy atom. The van der Waals surface area contributed by atoms with Gasteiger partial charge in [-0.15, -0.1) is 19.0 Å². The standard InChI is InChI=1S/C5H11NO.ClH/c1-2-3-5(6)4-7;/h2,5,7H,1,3-4,6H2;1H/t5-;/m0./s1. The zero-order valence-corrected chi connectivity index (χ0v) is 5.53. The highest BCUT2D eigenvalue weighted by Crippen LogP contribution is 1.83. The van der Waals surface area contributed by atoms with Crippen LogP contribution in [0.15, 0.2) is 12.7 Å². The summed E-state index contributed by atoms with van der Waals surface area (Å²) in [6.07, 6.45) is 2.39. The highest BCUT2D eigenvalue weighted by molar-refractivity contribution is 5.85. The van der Waals surface area contributed by atoms with Gasteiger partial charge in [-0.25, -0.2) is 0 Å². The quantitative estimate of drug-likeness (QED) is 0.550. The predicted molar refractivity (Wildman–Crippen MR) is 37.1 cm³/mol. The lowest BCUT2D eigenvalue weighted by molar-refractivity contribution is 0.266. The fraction of sp³-hybridized carbons (Fsp3) is 0.600. The summed E-state index contributed by atoms with van der Waals surface area (Å²) in [6.45, 7) is 3.51. The first kappa shape index (κ1) is 10.8. The van der Waals surface area contributed by atoms with Gasteiger partial charge in [0.25, 0.3) is 0 Å². The maximum absolute atomic E-state index is 8.29. The summed E-state index contributed by atoms with van der Waals surface area (Å²) in [5.41, 5.74) is 5.26. The van der Waals surface area contributed by atoms with E-state index in [9.17, 15) is 0 Å². The number of halogens is 1. The molecule has 0 bridgehead atoms. The Hall–Kier alpha value is -0.0500. The van der Waals surface area contributed by atoms with Gasteiger partial charge in [0.1, 0.15) is 0 Å². The molecule has 0 aromatic heterocycles. The van der Waals surface area contributed by atoms with Crippen LogP contribution < -0.4 is 5.73 Å². The molecule has 0 radical (unpaired) electrons. The van der Waals surface area contributed by atoms with Crippen LogP contribution in [0, 0.1) is 0 Å². The van der Waals surface area contributed by atoms with E-state index in [0.717, 1.165) is 0 Å². The lowest BCUT2D eigenvalue weighted by Gasteiger charge is -2.00. The second-order valence-electron chi connectivity index (χ2n) is 1.47. The van der Waals surface area contributed by atoms with Gasteiger partial charge in [0.05, 0.1) is 6.61 Å². The summed E-state index contributed by atoms with van der Waals surface area (Å²) in [7, 11) is 0. The van der Waals surface area contributed by atoms with Crippen LogP contribution in [0.4, 0.5) is 0 Å². The van der Waals surface area contributed by atoms with E-state index in [1.54, 1.807) is 6.08 Å². The van der Waals surface area contributed by atoms with Gasteiger partial charge in [-0.2, -0.15) is 0 Å². The van der Waals surface area contributed by atoms with Gasteiger partial charge in [-0.3, -0.25) is 0 Å². The van der Waals surface area contributed by atoms with Crippen molar-refractivity contribution in [3.8, 4) is 0 Å². The van der Waals surface area contributed by atoms with Crippen molar-refractivity contribution < 1.29 is 5.11 Å². The molecule has 0 aromatic rings. The molecular formula is C5H12ClNO. The smallest absolute Gasteiger partial charge is 0.0585 e. The zero-order valence-electron chi connectivity index (χ0n) is 4.71. The van der Waals surface area contributed by atoms with Crippen molar-refractivity contribution in [3.05, 3.63) is 12.7 Å². The third kappa shape index (κ3) is 5.95. The van der Waals surface area contributed by atoms with Gasteiger partial charge in [0.15, 0.2) is 0 Å². The topological polar surface area (TPSA) is 46.2 Å². The van der Waals surface area contributed by atoms with Crippen molar-refractivity contribution in [2.45, 2.75) is 12.5 Å². The van der Waals surface area contributed by atoms with Crippen LogP contribution in [0.2, 0.25) is 0 Å². The van der Waals surface area contributed by atoms with E-state index < -0.39 is 0 Å². The molecular weight excluding hydrogens is 126 g/mol. The van der Waals surface area contributed by atoms with E-state index in [4.69, 9.17) is 10.8 Å². The predicted octanol–water partition coefficient (Wildman–Crippen LogP) is 0.304. The Morgan fingerprint density at radius 3 is 2.38 bits per heavy atom. The molecule has 0 heterocycles. The Morgan fingerprint density at radius 1 is 1.75 bits per heavy atom. The van der Waals surface area contributed by atoms with Gasteiger partial charge in [-0.05, 0) is 6.42 Å². The van der Waals surface area contributed by atoms with Gasteiger partial charge >= 0.3 is 0 Å². The molecule has 0 unspecified atom stereocenters. The molecule has 0 amide bonds. The summed E-state index contributed by atoms with van der Waals surface area (Å²) in [6, 6.07) is -0.113. The second-order valence-corrected chi connectivity index (χ2v) is 1.47. The molecule has 0 aliphatic heterocycles. The largest absolute Gasteiger partial charge is 0.395 e. The number of nitrogens with two attached hydrogens (primary N) is 1. The molecule has 1 atom stereocenters. The molecule has 0 aliphatic rings. The van der Waals surface area contributed by atoms with Crippen LogP contribution in [-0.4, -0.2) is 17.8 Å². The molecule has 0 saturated heterocycles. The fourth-order valence-electron chi connectivity index (χ4n) is 0.289. The Balaban J connectivity index is 0. The molecule has 3 heteroatoms. The van der Waals surface area contributed by atoms with Gasteiger partial charge in [0, 0.05) is 6.04 Å². The van der Waals surface area contributed by atoms with Crippen molar-refractivity contribution in [1.82, 2.24) is 0 Å². The minimum atomic E-state index is -0.113. The minimum Gasteiger partial charge on any atom is -0.395 e. The van der Waals surface area contributed by atoms with Gasteiger partial charge in [-0.1, -0.05) is 6.08 Å². The molecule has 2 nitrogen and oxygen atoms in total. The maximum atomic E-state index is 8.29. The zero-order chi connectivity index (χ0) is 5.70. The van der Waals surface area contributed by atoms with E-state index in [2.05, 4.69) is 6.58 Å². The Kier molecular flexibility index (Phi) is 9.42. The molecule has 0 spiro atoms. The maximum Gasteiger partial charge on any atom is 0.0585 e. The van der Waals surface area contributed by atoms with E-state index in [1.807, 2.05) is 0 Å². The van der Waals surface area contributed by atoms with E-state index >= 15 is 0 Å². The van der Waals surface area contributed by atoms with Gasteiger partial charge in [0.2, 0.25) is 0 Å². The Bertz CT molecular complexity index is 58.4. The first-order valence-corrected chi connectivity index (χ1v) is 2.28. The third-order valence-electron chi connectivity index (χ3n) is 0.704.